The van der Waals surface area contributed by atoms with Crippen molar-refractivity contribution < 1.29 is 4.79 Å². The molecule has 0 aromatic rings. The van der Waals surface area contributed by atoms with Crippen LogP contribution in [0.1, 0.15) is 40.0 Å². The molecule has 0 bridgehead atoms. The number of hydrogen-bond acceptors (Lipinski definition) is 3. The van der Waals surface area contributed by atoms with Gasteiger partial charge < -0.3 is 11.1 Å². The zero-order valence-corrected chi connectivity index (χ0v) is 13.0. The molecule has 3 N–H and O–H groups in total. The minimum absolute atomic E-state index is 0.130. The third-order valence-corrected chi connectivity index (χ3v) is 4.19. The second kappa shape index (κ2) is 7.85. The van der Waals surface area contributed by atoms with E-state index in [1.807, 2.05) is 0 Å². The van der Waals surface area contributed by atoms with Gasteiger partial charge in [0.15, 0.2) is 0 Å². The lowest BCUT2D eigenvalue weighted by Gasteiger charge is -2.39. The van der Waals surface area contributed by atoms with Gasteiger partial charge in [0.2, 0.25) is 5.91 Å². The van der Waals surface area contributed by atoms with E-state index in [0.29, 0.717) is 24.4 Å². The van der Waals surface area contributed by atoms with Gasteiger partial charge in [0.25, 0.3) is 0 Å². The van der Waals surface area contributed by atoms with E-state index in [-0.39, 0.29) is 5.91 Å². The van der Waals surface area contributed by atoms with Crippen LogP contribution in [-0.4, -0.2) is 43.5 Å². The molecule has 112 valence electrons. The van der Waals surface area contributed by atoms with Crippen molar-refractivity contribution in [3.63, 3.8) is 0 Å². The molecule has 19 heavy (non-hydrogen) atoms. The summed E-state index contributed by atoms with van der Waals surface area (Å²) in [5.74, 6) is 1.92. The van der Waals surface area contributed by atoms with Crippen LogP contribution in [0.25, 0.3) is 0 Å². The number of likely N-dealkylation sites (N-methyl/N-ethyl adjacent to an activating group) is 1. The fraction of sp³-hybridized carbons (Fsp3) is 0.933. The second-order valence-electron chi connectivity index (χ2n) is 6.59. The molecule has 1 aliphatic rings. The van der Waals surface area contributed by atoms with Gasteiger partial charge in [-0.15, -0.1) is 0 Å². The summed E-state index contributed by atoms with van der Waals surface area (Å²) in [6.07, 6.45) is 3.63. The number of rotatable bonds is 6. The van der Waals surface area contributed by atoms with Crippen LogP contribution >= 0.6 is 0 Å². The van der Waals surface area contributed by atoms with Crippen LogP contribution in [0.5, 0.6) is 0 Å². The molecule has 0 aromatic heterocycles. The van der Waals surface area contributed by atoms with Crippen LogP contribution in [0, 0.1) is 17.8 Å². The Labute approximate surface area is 118 Å². The molecule has 3 unspecified atom stereocenters. The van der Waals surface area contributed by atoms with Gasteiger partial charge in [-0.25, -0.2) is 0 Å². The first-order valence-electron chi connectivity index (χ1n) is 7.61. The predicted octanol–water partition coefficient (Wildman–Crippen LogP) is 1.45. The molecule has 4 heteroatoms. The number of hydrogen-bond donors (Lipinski definition) is 2. The first kappa shape index (κ1) is 16.4. The Balaban J connectivity index is 2.45. The minimum atomic E-state index is 0.130. The Kier molecular flexibility index (Phi) is 6.80. The van der Waals surface area contributed by atoms with Crippen LogP contribution < -0.4 is 11.1 Å². The van der Waals surface area contributed by atoms with Gasteiger partial charge in [0.1, 0.15) is 0 Å². The van der Waals surface area contributed by atoms with E-state index in [4.69, 9.17) is 5.73 Å². The normalized spacial score (nSPS) is 27.8. The van der Waals surface area contributed by atoms with Crippen molar-refractivity contribution in [1.82, 2.24) is 10.2 Å². The summed E-state index contributed by atoms with van der Waals surface area (Å²) in [4.78, 5) is 14.1. The molecule has 0 radical (unpaired) electrons. The molecular formula is C15H31N3O. The second-order valence-corrected chi connectivity index (χ2v) is 6.59. The largest absolute Gasteiger partial charge is 0.355 e. The van der Waals surface area contributed by atoms with E-state index in [2.05, 4.69) is 38.0 Å². The zero-order chi connectivity index (χ0) is 14.4. The lowest BCUT2D eigenvalue weighted by Crippen LogP contribution is -2.48. The molecule has 0 saturated heterocycles. The Morgan fingerprint density at radius 1 is 1.42 bits per heavy atom. The molecule has 3 atom stereocenters. The number of amides is 1. The quantitative estimate of drug-likeness (QED) is 0.767. The fourth-order valence-corrected chi connectivity index (χ4v) is 2.95. The van der Waals surface area contributed by atoms with Gasteiger partial charge in [-0.3, -0.25) is 9.69 Å². The molecule has 4 nitrogen and oxygen atoms in total. The summed E-state index contributed by atoms with van der Waals surface area (Å²) in [5, 5.41) is 2.98. The average Bonchev–Trinajstić information content (AvgIpc) is 2.36. The topological polar surface area (TPSA) is 58.4 Å². The number of carbonyl (C=O) groups excluding carboxylic acids is 1. The van der Waals surface area contributed by atoms with Crippen LogP contribution in [0.4, 0.5) is 0 Å². The maximum atomic E-state index is 11.9. The third kappa shape index (κ3) is 5.49. The van der Waals surface area contributed by atoms with E-state index >= 15 is 0 Å². The van der Waals surface area contributed by atoms with E-state index in [0.717, 1.165) is 25.4 Å². The SMILES string of the molecule is CC(C)CNC(=O)CN(C)C1CC(C)CCC1CN. The highest BCUT2D eigenvalue weighted by atomic mass is 16.2. The summed E-state index contributed by atoms with van der Waals surface area (Å²) >= 11 is 0. The summed E-state index contributed by atoms with van der Waals surface area (Å²) in [6, 6.07) is 0.457. The van der Waals surface area contributed by atoms with Gasteiger partial charge in [0, 0.05) is 12.6 Å². The van der Waals surface area contributed by atoms with Crippen LogP contribution in [-0.2, 0) is 4.79 Å². The average molecular weight is 269 g/mol. The third-order valence-electron chi connectivity index (χ3n) is 4.19. The van der Waals surface area contributed by atoms with E-state index in [9.17, 15) is 4.79 Å². The van der Waals surface area contributed by atoms with Crippen LogP contribution in [0.2, 0.25) is 0 Å². The molecular weight excluding hydrogens is 238 g/mol. The summed E-state index contributed by atoms with van der Waals surface area (Å²) in [7, 11) is 2.06. The first-order valence-corrected chi connectivity index (χ1v) is 7.61. The summed E-state index contributed by atoms with van der Waals surface area (Å²) in [5.41, 5.74) is 5.88. The molecule has 0 spiro atoms. The standard InChI is InChI=1S/C15H31N3O/c1-11(2)9-17-15(19)10-18(4)14-7-12(3)5-6-13(14)8-16/h11-14H,5-10,16H2,1-4H3,(H,17,19). The molecule has 1 fully saturated rings. The number of nitrogens with two attached hydrogens (primary N) is 1. The highest BCUT2D eigenvalue weighted by Crippen LogP contribution is 2.30. The number of nitrogens with one attached hydrogen (secondary N) is 1. The lowest BCUT2D eigenvalue weighted by atomic mass is 9.78. The Bertz CT molecular complexity index is 281. The molecule has 1 saturated carbocycles. The van der Waals surface area contributed by atoms with Crippen molar-refractivity contribution in [2.45, 2.75) is 46.1 Å². The van der Waals surface area contributed by atoms with Crippen molar-refractivity contribution in [1.29, 1.82) is 0 Å². The monoisotopic (exact) mass is 269 g/mol. The molecule has 1 amide bonds. The lowest BCUT2D eigenvalue weighted by molar-refractivity contribution is -0.123. The van der Waals surface area contributed by atoms with Crippen molar-refractivity contribution in [3.8, 4) is 0 Å². The number of carbonyl (C=O) groups is 1. The smallest absolute Gasteiger partial charge is 0.234 e. The van der Waals surface area contributed by atoms with E-state index in [1.165, 1.54) is 12.8 Å². The van der Waals surface area contributed by atoms with E-state index in [1.54, 1.807) is 0 Å². The van der Waals surface area contributed by atoms with Gasteiger partial charge in [0.05, 0.1) is 6.54 Å². The predicted molar refractivity (Wildman–Crippen MR) is 79.8 cm³/mol. The van der Waals surface area contributed by atoms with Gasteiger partial charge >= 0.3 is 0 Å². The zero-order valence-electron chi connectivity index (χ0n) is 13.0. The Hall–Kier alpha value is -0.610. The van der Waals surface area contributed by atoms with E-state index < -0.39 is 0 Å². The highest BCUT2D eigenvalue weighted by Gasteiger charge is 2.31. The highest BCUT2D eigenvalue weighted by molar-refractivity contribution is 5.78. The Morgan fingerprint density at radius 3 is 2.68 bits per heavy atom. The fourth-order valence-electron chi connectivity index (χ4n) is 2.95. The van der Waals surface area contributed by atoms with Crippen LogP contribution in [0.15, 0.2) is 0 Å². The first-order chi connectivity index (χ1) is 8.93. The minimum Gasteiger partial charge on any atom is -0.355 e. The van der Waals surface area contributed by atoms with Crippen molar-refractivity contribution in [2.24, 2.45) is 23.5 Å². The van der Waals surface area contributed by atoms with Crippen molar-refractivity contribution in [3.05, 3.63) is 0 Å². The van der Waals surface area contributed by atoms with Crippen molar-refractivity contribution >= 4 is 5.91 Å². The maximum Gasteiger partial charge on any atom is 0.234 e. The van der Waals surface area contributed by atoms with Gasteiger partial charge in [-0.2, -0.15) is 0 Å². The number of nitrogens with zero attached hydrogens (tertiary/aromatic N) is 1. The van der Waals surface area contributed by atoms with Gasteiger partial charge in [-0.1, -0.05) is 27.2 Å². The summed E-state index contributed by atoms with van der Waals surface area (Å²) < 4.78 is 0. The summed E-state index contributed by atoms with van der Waals surface area (Å²) in [6.45, 7) is 8.49. The van der Waals surface area contributed by atoms with Gasteiger partial charge in [-0.05, 0) is 44.2 Å². The maximum absolute atomic E-state index is 11.9. The molecule has 1 aliphatic carbocycles. The van der Waals surface area contributed by atoms with Crippen molar-refractivity contribution in [2.75, 3.05) is 26.7 Å². The molecule has 0 aliphatic heterocycles. The molecule has 0 aromatic carbocycles. The molecule has 1 rings (SSSR count). The molecule has 0 heterocycles. The van der Waals surface area contributed by atoms with Crippen LogP contribution in [0.3, 0.4) is 0 Å². The Morgan fingerprint density at radius 2 is 2.11 bits per heavy atom.